The Bertz CT molecular complexity index is 457. The number of likely N-dealkylation sites (tertiary alicyclic amines) is 1. The summed E-state index contributed by atoms with van der Waals surface area (Å²) >= 11 is 3.21. The molecule has 4 nitrogen and oxygen atoms in total. The van der Waals surface area contributed by atoms with Gasteiger partial charge in [-0.25, -0.2) is 0 Å². The van der Waals surface area contributed by atoms with Gasteiger partial charge in [0.15, 0.2) is 0 Å². The minimum atomic E-state index is -0.00556. The average Bonchev–Trinajstić information content (AvgIpc) is 2.42. The highest BCUT2D eigenvalue weighted by atomic mass is 79.9. The monoisotopic (exact) mass is 326 g/mol. The lowest BCUT2D eigenvalue weighted by Gasteiger charge is -2.32. The summed E-state index contributed by atoms with van der Waals surface area (Å²) in [6.45, 7) is 2.28. The van der Waals surface area contributed by atoms with Gasteiger partial charge in [0.05, 0.1) is 4.47 Å². The number of phenolic OH excluding ortho intramolecular Hbond substituents is 1. The molecule has 1 amide bonds. The molecule has 5 heteroatoms. The van der Waals surface area contributed by atoms with E-state index in [0.717, 1.165) is 38.9 Å². The molecule has 0 atom stereocenters. The summed E-state index contributed by atoms with van der Waals surface area (Å²) in [5.74, 6) is 0.741. The van der Waals surface area contributed by atoms with Crippen molar-refractivity contribution < 1.29 is 9.90 Å². The zero-order valence-corrected chi connectivity index (χ0v) is 12.4. The van der Waals surface area contributed by atoms with Crippen molar-refractivity contribution in [3.05, 3.63) is 28.2 Å². The van der Waals surface area contributed by atoms with Crippen LogP contribution in [0.15, 0.2) is 22.7 Å². The molecule has 19 heavy (non-hydrogen) atoms. The van der Waals surface area contributed by atoms with Crippen molar-refractivity contribution >= 4 is 21.8 Å². The van der Waals surface area contributed by atoms with E-state index in [-0.39, 0.29) is 11.7 Å². The smallest absolute Gasteiger partial charge is 0.253 e. The Morgan fingerprint density at radius 1 is 1.42 bits per heavy atom. The molecule has 104 valence electrons. The van der Waals surface area contributed by atoms with E-state index >= 15 is 0 Å². The molecule has 1 aromatic carbocycles. The van der Waals surface area contributed by atoms with Crippen LogP contribution in [0.2, 0.25) is 0 Å². The van der Waals surface area contributed by atoms with Gasteiger partial charge in [0.2, 0.25) is 0 Å². The maximum Gasteiger partial charge on any atom is 0.253 e. The second-order valence-electron chi connectivity index (χ2n) is 4.98. The molecule has 1 aliphatic rings. The largest absolute Gasteiger partial charge is 0.507 e. The number of carbonyl (C=O) groups excluding carboxylic acids is 1. The molecule has 0 aliphatic carbocycles. The number of piperidine rings is 1. The number of nitrogens with zero attached hydrogens (tertiary/aromatic N) is 1. The van der Waals surface area contributed by atoms with Gasteiger partial charge in [-0.05, 0) is 65.9 Å². The molecule has 0 unspecified atom stereocenters. The first-order valence-corrected chi connectivity index (χ1v) is 7.39. The number of halogens is 1. The predicted octanol–water partition coefficient (Wildman–Crippen LogP) is 2.36. The molecule has 1 aliphatic heterocycles. The van der Waals surface area contributed by atoms with Crippen molar-refractivity contribution in [3.63, 3.8) is 0 Å². The Morgan fingerprint density at radius 2 is 2.11 bits per heavy atom. The number of benzene rings is 1. The van der Waals surface area contributed by atoms with Crippen molar-refractivity contribution in [3.8, 4) is 5.75 Å². The van der Waals surface area contributed by atoms with Gasteiger partial charge in [-0.15, -0.1) is 0 Å². The van der Waals surface area contributed by atoms with E-state index in [1.54, 1.807) is 12.1 Å². The zero-order valence-electron chi connectivity index (χ0n) is 10.8. The lowest BCUT2D eigenvalue weighted by molar-refractivity contribution is 0.0687. The van der Waals surface area contributed by atoms with Crippen LogP contribution in [-0.2, 0) is 0 Å². The Kier molecular flexibility index (Phi) is 4.82. The number of hydrogen-bond acceptors (Lipinski definition) is 3. The van der Waals surface area contributed by atoms with Crippen LogP contribution in [0.5, 0.6) is 5.75 Å². The normalized spacial score (nSPS) is 16.6. The number of nitrogens with two attached hydrogens (primary N) is 1. The molecular weight excluding hydrogens is 308 g/mol. The van der Waals surface area contributed by atoms with E-state index in [0.29, 0.717) is 16.0 Å². The second kappa shape index (κ2) is 6.39. The molecule has 0 radical (unpaired) electrons. The number of phenols is 1. The van der Waals surface area contributed by atoms with Crippen molar-refractivity contribution in [1.29, 1.82) is 0 Å². The van der Waals surface area contributed by atoms with Crippen molar-refractivity contribution in [1.82, 2.24) is 4.90 Å². The van der Waals surface area contributed by atoms with Gasteiger partial charge < -0.3 is 15.7 Å². The van der Waals surface area contributed by atoms with Gasteiger partial charge in [0.1, 0.15) is 5.75 Å². The Labute approximate surface area is 121 Å². The Balaban J connectivity index is 1.99. The maximum absolute atomic E-state index is 12.3. The molecule has 1 saturated heterocycles. The van der Waals surface area contributed by atoms with Crippen molar-refractivity contribution in [2.45, 2.75) is 19.3 Å². The van der Waals surface area contributed by atoms with E-state index in [4.69, 9.17) is 5.73 Å². The Hall–Kier alpha value is -1.07. The summed E-state index contributed by atoms with van der Waals surface area (Å²) in [5, 5.41) is 9.63. The number of rotatable bonds is 3. The highest BCUT2D eigenvalue weighted by molar-refractivity contribution is 9.10. The molecule has 3 N–H and O–H groups in total. The van der Waals surface area contributed by atoms with Crippen LogP contribution in [0.25, 0.3) is 0 Å². The summed E-state index contributed by atoms with van der Waals surface area (Å²) in [6.07, 6.45) is 3.08. The van der Waals surface area contributed by atoms with Gasteiger partial charge in [0, 0.05) is 18.7 Å². The summed E-state index contributed by atoms with van der Waals surface area (Å²) in [7, 11) is 0. The van der Waals surface area contributed by atoms with Crippen LogP contribution >= 0.6 is 15.9 Å². The number of aromatic hydroxyl groups is 1. The molecule has 2 rings (SSSR count). The first-order valence-electron chi connectivity index (χ1n) is 6.59. The van der Waals surface area contributed by atoms with E-state index < -0.39 is 0 Å². The minimum absolute atomic E-state index is 0.00556. The zero-order chi connectivity index (χ0) is 13.8. The minimum Gasteiger partial charge on any atom is -0.507 e. The maximum atomic E-state index is 12.3. The van der Waals surface area contributed by atoms with Crippen molar-refractivity contribution in [2.75, 3.05) is 19.6 Å². The first-order chi connectivity index (χ1) is 9.11. The van der Waals surface area contributed by atoms with Gasteiger partial charge in [-0.1, -0.05) is 0 Å². The van der Waals surface area contributed by atoms with Crippen LogP contribution in [-0.4, -0.2) is 35.5 Å². The SMILES string of the molecule is NCCC1CCN(C(=O)c2ccc(Br)c(O)c2)CC1. The molecule has 0 bridgehead atoms. The van der Waals surface area contributed by atoms with E-state index in [9.17, 15) is 9.90 Å². The second-order valence-corrected chi connectivity index (χ2v) is 5.83. The van der Waals surface area contributed by atoms with E-state index in [2.05, 4.69) is 15.9 Å². The third-order valence-electron chi connectivity index (χ3n) is 3.67. The van der Waals surface area contributed by atoms with Crippen LogP contribution in [0.1, 0.15) is 29.6 Å². The standard InChI is InChI=1S/C14H19BrN2O2/c15-12-2-1-11(9-13(12)18)14(19)17-7-4-10(3-6-16)5-8-17/h1-2,9-10,18H,3-8,16H2. The van der Waals surface area contributed by atoms with Crippen LogP contribution in [0.4, 0.5) is 0 Å². The highest BCUT2D eigenvalue weighted by Gasteiger charge is 2.23. The highest BCUT2D eigenvalue weighted by Crippen LogP contribution is 2.26. The summed E-state index contributed by atoms with van der Waals surface area (Å²) in [4.78, 5) is 14.2. The van der Waals surface area contributed by atoms with Gasteiger partial charge in [0.25, 0.3) is 5.91 Å². The quantitative estimate of drug-likeness (QED) is 0.896. The average molecular weight is 327 g/mol. The number of hydrogen-bond donors (Lipinski definition) is 2. The van der Waals surface area contributed by atoms with Gasteiger partial charge in [-0.2, -0.15) is 0 Å². The van der Waals surface area contributed by atoms with E-state index in [1.165, 1.54) is 6.07 Å². The van der Waals surface area contributed by atoms with Crippen LogP contribution in [0, 0.1) is 5.92 Å². The molecule has 0 spiro atoms. The third kappa shape index (κ3) is 3.48. The van der Waals surface area contributed by atoms with Crippen LogP contribution in [0.3, 0.4) is 0 Å². The number of carbonyl (C=O) groups is 1. The molecule has 1 fully saturated rings. The molecule has 0 saturated carbocycles. The topological polar surface area (TPSA) is 66.6 Å². The Morgan fingerprint density at radius 3 is 2.68 bits per heavy atom. The predicted molar refractivity (Wildman–Crippen MR) is 78.1 cm³/mol. The first kappa shape index (κ1) is 14.3. The van der Waals surface area contributed by atoms with Gasteiger partial charge >= 0.3 is 0 Å². The molecular formula is C14H19BrN2O2. The fourth-order valence-electron chi connectivity index (χ4n) is 2.49. The third-order valence-corrected chi connectivity index (χ3v) is 4.34. The molecule has 1 aromatic rings. The fourth-order valence-corrected chi connectivity index (χ4v) is 2.74. The lowest BCUT2D eigenvalue weighted by Crippen LogP contribution is -2.38. The summed E-state index contributed by atoms with van der Waals surface area (Å²) in [5.41, 5.74) is 6.10. The fraction of sp³-hybridized carbons (Fsp3) is 0.500. The summed E-state index contributed by atoms with van der Waals surface area (Å²) in [6, 6.07) is 4.94. The van der Waals surface area contributed by atoms with E-state index in [1.807, 2.05) is 4.90 Å². The molecule has 1 heterocycles. The lowest BCUT2D eigenvalue weighted by atomic mass is 9.93. The van der Waals surface area contributed by atoms with Crippen LogP contribution < -0.4 is 5.73 Å². The van der Waals surface area contributed by atoms with Gasteiger partial charge in [-0.3, -0.25) is 4.79 Å². The summed E-state index contributed by atoms with van der Waals surface area (Å²) < 4.78 is 0.603. The molecule has 0 aromatic heterocycles. The number of amides is 1. The van der Waals surface area contributed by atoms with Crippen molar-refractivity contribution in [2.24, 2.45) is 11.7 Å².